The molecular weight excluding hydrogens is 220 g/mol. The number of carbonyl (C=O) groups is 1. The quantitative estimate of drug-likeness (QED) is 0.745. The highest BCUT2D eigenvalue weighted by molar-refractivity contribution is 6.67. The van der Waals surface area contributed by atoms with Gasteiger partial charge in [-0.3, -0.25) is 9.59 Å². The molecule has 0 aliphatic rings. The van der Waals surface area contributed by atoms with Crippen LogP contribution >= 0.6 is 11.6 Å². The number of aromatic hydroxyl groups is 1. The first-order valence-corrected chi connectivity index (χ1v) is 3.75. The Labute approximate surface area is 81.1 Å². The Hall–Kier alpha value is -1.43. The van der Waals surface area contributed by atoms with Gasteiger partial charge in [-0.2, -0.15) is 0 Å². The van der Waals surface area contributed by atoms with Gasteiger partial charge < -0.3 is 10.1 Å². The van der Waals surface area contributed by atoms with Crippen LogP contribution in [0.3, 0.4) is 0 Å². The van der Waals surface area contributed by atoms with E-state index in [1.54, 1.807) is 0 Å². The van der Waals surface area contributed by atoms with Gasteiger partial charge in [0, 0.05) is 6.07 Å². The molecule has 0 fully saturated rings. The first-order chi connectivity index (χ1) is 6.43. The maximum atomic E-state index is 12.2. The number of rotatable bonds is 2. The lowest BCUT2D eigenvalue weighted by Crippen LogP contribution is -2.12. The van der Waals surface area contributed by atoms with Crippen LogP contribution in [0.5, 0.6) is 5.75 Å². The van der Waals surface area contributed by atoms with Gasteiger partial charge in [0.25, 0.3) is 11.7 Å². The van der Waals surface area contributed by atoms with Crippen molar-refractivity contribution in [1.29, 1.82) is 0 Å². The van der Waals surface area contributed by atoms with Crippen molar-refractivity contribution in [2.24, 2.45) is 0 Å². The average Bonchev–Trinajstić information content (AvgIpc) is 2.07. The van der Waals surface area contributed by atoms with Gasteiger partial charge >= 0.3 is 0 Å². The molecule has 4 nitrogen and oxygen atoms in total. The molecule has 14 heavy (non-hydrogen) atoms. The lowest BCUT2D eigenvalue weighted by atomic mass is 10.2. The Morgan fingerprint density at radius 3 is 2.57 bits per heavy atom. The summed E-state index contributed by atoms with van der Waals surface area (Å²) in [6.07, 6.45) is -3.05. The topological polar surface area (TPSA) is 70.2 Å². The fraction of sp³-hybridized carbons (Fsp3) is 0.143. The molecule has 0 atom stereocenters. The summed E-state index contributed by atoms with van der Waals surface area (Å²) < 4.78 is 24.4. The molecule has 0 aromatic carbocycles. The molecule has 1 aromatic rings. The van der Waals surface area contributed by atoms with Crippen LogP contribution in [-0.4, -0.2) is 15.3 Å². The highest BCUT2D eigenvalue weighted by Crippen LogP contribution is 2.29. The molecule has 0 bridgehead atoms. The number of halogens is 3. The second kappa shape index (κ2) is 3.75. The first-order valence-electron chi connectivity index (χ1n) is 3.37. The zero-order valence-electron chi connectivity index (χ0n) is 6.55. The largest absolute Gasteiger partial charge is 0.505 e. The van der Waals surface area contributed by atoms with Crippen molar-refractivity contribution in [2.75, 3.05) is 0 Å². The number of nitrogens with one attached hydrogen (secondary N) is 1. The van der Waals surface area contributed by atoms with E-state index in [1.807, 2.05) is 4.98 Å². The third-order valence-corrected chi connectivity index (χ3v) is 1.67. The van der Waals surface area contributed by atoms with Gasteiger partial charge in [-0.1, -0.05) is 0 Å². The number of hydrogen-bond acceptors (Lipinski definition) is 3. The molecule has 0 saturated carbocycles. The Balaban J connectivity index is 3.48. The minimum Gasteiger partial charge on any atom is -0.505 e. The summed E-state index contributed by atoms with van der Waals surface area (Å²) >= 11 is 4.94. The molecule has 7 heteroatoms. The highest BCUT2D eigenvalue weighted by Gasteiger charge is 2.20. The number of aromatic amines is 1. The van der Waals surface area contributed by atoms with Crippen LogP contribution in [0.4, 0.5) is 8.78 Å². The summed E-state index contributed by atoms with van der Waals surface area (Å²) in [5, 5.41) is 7.89. The van der Waals surface area contributed by atoms with Crippen molar-refractivity contribution < 1.29 is 18.7 Å². The zero-order chi connectivity index (χ0) is 10.9. The third-order valence-electron chi connectivity index (χ3n) is 1.48. The molecule has 0 unspecified atom stereocenters. The first kappa shape index (κ1) is 10.6. The van der Waals surface area contributed by atoms with Gasteiger partial charge in [0.15, 0.2) is 5.75 Å². The van der Waals surface area contributed by atoms with E-state index in [9.17, 15) is 18.4 Å². The van der Waals surface area contributed by atoms with Crippen LogP contribution in [0.25, 0.3) is 0 Å². The van der Waals surface area contributed by atoms with Crippen LogP contribution in [0.2, 0.25) is 0 Å². The molecule has 0 spiro atoms. The van der Waals surface area contributed by atoms with E-state index in [-0.39, 0.29) is 0 Å². The fourth-order valence-electron chi connectivity index (χ4n) is 0.881. The zero-order valence-corrected chi connectivity index (χ0v) is 7.31. The Bertz CT molecular complexity index is 429. The highest BCUT2D eigenvalue weighted by atomic mass is 35.5. The van der Waals surface area contributed by atoms with Crippen LogP contribution in [0.1, 0.15) is 22.5 Å². The van der Waals surface area contributed by atoms with E-state index < -0.39 is 34.2 Å². The second-order valence-electron chi connectivity index (χ2n) is 2.39. The van der Waals surface area contributed by atoms with Crippen LogP contribution < -0.4 is 5.56 Å². The molecule has 0 aliphatic heterocycles. The van der Waals surface area contributed by atoms with Crippen LogP contribution in [-0.2, 0) is 0 Å². The molecule has 1 aromatic heterocycles. The third kappa shape index (κ3) is 1.90. The minimum atomic E-state index is -3.05. The molecular formula is C7H4ClF2NO3. The van der Waals surface area contributed by atoms with E-state index >= 15 is 0 Å². The van der Waals surface area contributed by atoms with Crippen molar-refractivity contribution in [3.63, 3.8) is 0 Å². The van der Waals surface area contributed by atoms with Gasteiger partial charge in [-0.05, 0) is 11.6 Å². The van der Waals surface area contributed by atoms with Gasteiger partial charge in [0.2, 0.25) is 5.56 Å². The molecule has 0 saturated heterocycles. The van der Waals surface area contributed by atoms with Gasteiger partial charge in [-0.25, -0.2) is 8.78 Å². The number of H-pyrrole nitrogens is 1. The average molecular weight is 224 g/mol. The number of aromatic nitrogens is 1. The summed E-state index contributed by atoms with van der Waals surface area (Å²) in [7, 11) is 0. The van der Waals surface area contributed by atoms with Crippen molar-refractivity contribution >= 4 is 16.8 Å². The predicted molar refractivity (Wildman–Crippen MR) is 43.9 cm³/mol. The van der Waals surface area contributed by atoms with E-state index in [0.29, 0.717) is 6.07 Å². The lowest BCUT2D eigenvalue weighted by molar-refractivity contribution is 0.107. The summed E-state index contributed by atoms with van der Waals surface area (Å²) in [5.74, 6) is -1.00. The maximum Gasteiger partial charge on any atom is 0.272 e. The summed E-state index contributed by atoms with van der Waals surface area (Å²) in [4.78, 5) is 23.2. The molecule has 2 N–H and O–H groups in total. The summed E-state index contributed by atoms with van der Waals surface area (Å²) in [6, 6.07) is 0.503. The summed E-state index contributed by atoms with van der Waals surface area (Å²) in [5.41, 5.74) is -2.57. The Morgan fingerprint density at radius 2 is 2.14 bits per heavy atom. The van der Waals surface area contributed by atoms with Gasteiger partial charge in [0.1, 0.15) is 5.69 Å². The second-order valence-corrected chi connectivity index (χ2v) is 2.73. The molecule has 0 amide bonds. The number of carbonyl (C=O) groups excluding carboxylic acids is 1. The molecule has 1 heterocycles. The van der Waals surface area contributed by atoms with Gasteiger partial charge in [0.05, 0.1) is 5.56 Å². The lowest BCUT2D eigenvalue weighted by Gasteiger charge is -2.04. The van der Waals surface area contributed by atoms with Crippen molar-refractivity contribution in [1.82, 2.24) is 4.98 Å². The van der Waals surface area contributed by atoms with Crippen molar-refractivity contribution in [3.05, 3.63) is 27.7 Å². The normalized spacial score (nSPS) is 10.6. The Morgan fingerprint density at radius 1 is 1.57 bits per heavy atom. The van der Waals surface area contributed by atoms with E-state index in [2.05, 4.69) is 0 Å². The number of hydrogen-bond donors (Lipinski definition) is 2. The standard InChI is InChI=1S/C7H4ClF2NO3/c8-6(14)4-5(13)2(7(9)10)1-3(12)11-4/h1,7,13H,(H,11,12). The molecule has 0 radical (unpaired) electrons. The summed E-state index contributed by atoms with van der Waals surface area (Å²) in [6.45, 7) is 0. The molecule has 76 valence electrons. The fourth-order valence-corrected chi connectivity index (χ4v) is 1.02. The van der Waals surface area contributed by atoms with Crippen LogP contribution in [0.15, 0.2) is 10.9 Å². The maximum absolute atomic E-state index is 12.2. The van der Waals surface area contributed by atoms with E-state index in [0.717, 1.165) is 0 Å². The van der Waals surface area contributed by atoms with Gasteiger partial charge in [-0.15, -0.1) is 0 Å². The smallest absolute Gasteiger partial charge is 0.272 e. The number of alkyl halides is 2. The predicted octanol–water partition coefficient (Wildman–Crippen LogP) is 1.40. The minimum absolute atomic E-state index is 0.503. The SMILES string of the molecule is O=C(Cl)c1[nH]c(=O)cc(C(F)F)c1O. The van der Waals surface area contributed by atoms with E-state index in [4.69, 9.17) is 16.7 Å². The van der Waals surface area contributed by atoms with E-state index in [1.165, 1.54) is 0 Å². The van der Waals surface area contributed by atoms with Crippen molar-refractivity contribution in [2.45, 2.75) is 6.43 Å². The van der Waals surface area contributed by atoms with Crippen LogP contribution in [0, 0.1) is 0 Å². The van der Waals surface area contributed by atoms with Crippen molar-refractivity contribution in [3.8, 4) is 5.75 Å². The number of pyridine rings is 1. The molecule has 1 rings (SSSR count). The monoisotopic (exact) mass is 223 g/mol. The molecule has 0 aliphatic carbocycles. The Kier molecular flexibility index (Phi) is 2.85.